The van der Waals surface area contributed by atoms with Gasteiger partial charge in [0.2, 0.25) is 0 Å². The number of methoxy groups -OCH3 is 1. The van der Waals surface area contributed by atoms with Crippen LogP contribution in [0.2, 0.25) is 0 Å². The molecule has 0 bridgehead atoms. The number of carbonyl (C=O) groups is 2. The van der Waals surface area contributed by atoms with Crippen LogP contribution >= 0.6 is 0 Å². The normalized spacial score (nSPS) is 17.8. The molecule has 3 rings (SSSR count). The van der Waals surface area contributed by atoms with E-state index in [9.17, 15) is 24.8 Å². The highest BCUT2D eigenvalue weighted by Gasteiger charge is 2.46. The molecular weight excluding hydrogens is 414 g/mol. The topological polar surface area (TPSA) is 113 Å². The van der Waals surface area contributed by atoms with Gasteiger partial charge in [0, 0.05) is 30.8 Å². The van der Waals surface area contributed by atoms with Crippen molar-refractivity contribution >= 4 is 23.1 Å². The van der Waals surface area contributed by atoms with Crippen molar-refractivity contribution in [3.63, 3.8) is 0 Å². The highest BCUT2D eigenvalue weighted by Crippen LogP contribution is 2.40. The summed E-state index contributed by atoms with van der Waals surface area (Å²) in [5.74, 6) is -1.32. The van der Waals surface area contributed by atoms with Crippen molar-refractivity contribution in [2.75, 3.05) is 34.3 Å². The van der Waals surface area contributed by atoms with Gasteiger partial charge in [0.05, 0.1) is 23.6 Å². The van der Waals surface area contributed by atoms with Gasteiger partial charge >= 0.3 is 0 Å². The minimum atomic E-state index is -0.948. The first-order valence-corrected chi connectivity index (χ1v) is 9.98. The Balaban J connectivity index is 2.20. The Bertz CT molecular complexity index is 1110. The Labute approximate surface area is 185 Å². The summed E-state index contributed by atoms with van der Waals surface area (Å²) < 4.78 is 5.20. The molecule has 0 unspecified atom stereocenters. The third kappa shape index (κ3) is 4.33. The van der Waals surface area contributed by atoms with Crippen molar-refractivity contribution in [3.8, 4) is 5.75 Å². The molecule has 1 fully saturated rings. The van der Waals surface area contributed by atoms with Gasteiger partial charge in [0.15, 0.2) is 0 Å². The number of nitro benzene ring substituents is 1. The van der Waals surface area contributed by atoms with E-state index in [0.29, 0.717) is 29.0 Å². The molecule has 0 spiro atoms. The quantitative estimate of drug-likeness (QED) is 0.232. The summed E-state index contributed by atoms with van der Waals surface area (Å²) in [6.45, 7) is 2.44. The molecule has 1 heterocycles. The number of aliphatic hydroxyl groups excluding tert-OH is 1. The first kappa shape index (κ1) is 23.0. The SMILES string of the molecule is COc1ccc(C(O)=C2C(=O)C(=O)N(CCN(C)C)[C@@H]2c2cccc([N+](=O)[O-])c2)c(C)c1. The van der Waals surface area contributed by atoms with E-state index in [1.54, 1.807) is 31.2 Å². The van der Waals surface area contributed by atoms with Gasteiger partial charge in [-0.05, 0) is 50.3 Å². The maximum absolute atomic E-state index is 13.0. The van der Waals surface area contributed by atoms with E-state index in [1.807, 2.05) is 19.0 Å². The number of carbonyl (C=O) groups excluding carboxylic acids is 2. The van der Waals surface area contributed by atoms with E-state index in [1.165, 1.54) is 30.2 Å². The minimum Gasteiger partial charge on any atom is -0.507 e. The number of likely N-dealkylation sites (N-methyl/N-ethyl adjacent to an activating group) is 1. The number of rotatable bonds is 7. The fourth-order valence-corrected chi connectivity index (χ4v) is 3.75. The number of hydrogen-bond acceptors (Lipinski definition) is 7. The maximum Gasteiger partial charge on any atom is 0.295 e. The number of benzene rings is 2. The van der Waals surface area contributed by atoms with E-state index < -0.39 is 22.7 Å². The number of non-ortho nitro benzene ring substituents is 1. The summed E-state index contributed by atoms with van der Waals surface area (Å²) in [4.78, 5) is 39.9. The maximum atomic E-state index is 13.0. The van der Waals surface area contributed by atoms with Crippen molar-refractivity contribution in [3.05, 3.63) is 74.8 Å². The molecule has 1 atom stereocenters. The average molecular weight is 439 g/mol. The van der Waals surface area contributed by atoms with Crippen LogP contribution in [0.5, 0.6) is 5.75 Å². The lowest BCUT2D eigenvalue weighted by Gasteiger charge is -2.26. The number of likely N-dealkylation sites (tertiary alicyclic amines) is 1. The lowest BCUT2D eigenvalue weighted by atomic mass is 9.93. The van der Waals surface area contributed by atoms with Crippen LogP contribution in [0.1, 0.15) is 22.7 Å². The van der Waals surface area contributed by atoms with E-state index in [4.69, 9.17) is 4.74 Å². The van der Waals surface area contributed by atoms with Crippen molar-refractivity contribution in [1.29, 1.82) is 0 Å². The van der Waals surface area contributed by atoms with Crippen LogP contribution in [0, 0.1) is 17.0 Å². The number of nitro groups is 1. The summed E-state index contributed by atoms with van der Waals surface area (Å²) in [5.41, 5.74) is 1.15. The number of aliphatic hydroxyl groups is 1. The summed E-state index contributed by atoms with van der Waals surface area (Å²) in [6.07, 6.45) is 0. The first-order valence-electron chi connectivity index (χ1n) is 9.98. The molecule has 0 radical (unpaired) electrons. The molecule has 9 heteroatoms. The molecule has 1 saturated heterocycles. The Morgan fingerprint density at radius 2 is 1.94 bits per heavy atom. The molecular formula is C23H25N3O6. The molecule has 1 aliphatic heterocycles. The molecule has 168 valence electrons. The number of ether oxygens (including phenoxy) is 1. The number of Topliss-reactive ketones (excluding diaryl/α,β-unsaturated/α-hetero) is 1. The predicted octanol–water partition coefficient (Wildman–Crippen LogP) is 2.90. The Morgan fingerprint density at radius 3 is 2.53 bits per heavy atom. The number of nitrogens with zero attached hydrogens (tertiary/aromatic N) is 3. The third-order valence-corrected chi connectivity index (χ3v) is 5.41. The van der Waals surface area contributed by atoms with E-state index in [0.717, 1.165) is 0 Å². The highest BCUT2D eigenvalue weighted by atomic mass is 16.6. The Morgan fingerprint density at radius 1 is 1.22 bits per heavy atom. The zero-order chi connectivity index (χ0) is 23.6. The van der Waals surface area contributed by atoms with Gasteiger partial charge in [-0.3, -0.25) is 19.7 Å². The molecule has 0 saturated carbocycles. The lowest BCUT2D eigenvalue weighted by Crippen LogP contribution is -2.35. The van der Waals surface area contributed by atoms with Crippen molar-refractivity contribution < 1.29 is 24.4 Å². The van der Waals surface area contributed by atoms with Crippen molar-refractivity contribution in [2.45, 2.75) is 13.0 Å². The third-order valence-electron chi connectivity index (χ3n) is 5.41. The minimum absolute atomic E-state index is 0.0949. The Hall–Kier alpha value is -3.72. The van der Waals surface area contributed by atoms with Crippen LogP contribution in [0.3, 0.4) is 0 Å². The van der Waals surface area contributed by atoms with E-state index in [-0.39, 0.29) is 23.6 Å². The predicted molar refractivity (Wildman–Crippen MR) is 118 cm³/mol. The molecule has 0 aliphatic carbocycles. The zero-order valence-corrected chi connectivity index (χ0v) is 18.4. The molecule has 1 aliphatic rings. The number of ketones is 1. The molecule has 1 amide bonds. The van der Waals surface area contributed by atoms with Gasteiger partial charge in [0.25, 0.3) is 17.4 Å². The van der Waals surface area contributed by atoms with Gasteiger partial charge in [-0.15, -0.1) is 0 Å². The van der Waals surface area contributed by atoms with Gasteiger partial charge in [0.1, 0.15) is 11.5 Å². The van der Waals surface area contributed by atoms with Crippen LogP contribution in [0.15, 0.2) is 48.0 Å². The monoisotopic (exact) mass is 439 g/mol. The first-order chi connectivity index (χ1) is 15.1. The van der Waals surface area contributed by atoms with Gasteiger partial charge in [-0.2, -0.15) is 0 Å². The number of amides is 1. The van der Waals surface area contributed by atoms with Crippen LogP contribution < -0.4 is 4.74 Å². The summed E-state index contributed by atoms with van der Waals surface area (Å²) in [5, 5.41) is 22.5. The molecule has 0 aromatic heterocycles. The largest absolute Gasteiger partial charge is 0.507 e. The van der Waals surface area contributed by atoms with Crippen LogP contribution in [0.25, 0.3) is 5.76 Å². The fourth-order valence-electron chi connectivity index (χ4n) is 3.75. The van der Waals surface area contributed by atoms with E-state index >= 15 is 0 Å². The molecule has 32 heavy (non-hydrogen) atoms. The van der Waals surface area contributed by atoms with Gasteiger partial charge < -0.3 is 19.6 Å². The summed E-state index contributed by atoms with van der Waals surface area (Å²) in [6, 6.07) is 9.79. The van der Waals surface area contributed by atoms with Crippen LogP contribution in [-0.4, -0.2) is 65.8 Å². The molecule has 2 aromatic rings. The fraction of sp³-hybridized carbons (Fsp3) is 0.304. The van der Waals surface area contributed by atoms with Gasteiger partial charge in [-0.1, -0.05) is 12.1 Å². The van der Waals surface area contributed by atoms with Crippen molar-refractivity contribution in [1.82, 2.24) is 9.80 Å². The second kappa shape index (κ2) is 9.19. The zero-order valence-electron chi connectivity index (χ0n) is 18.4. The van der Waals surface area contributed by atoms with Crippen LogP contribution in [-0.2, 0) is 9.59 Å². The smallest absolute Gasteiger partial charge is 0.295 e. The van der Waals surface area contributed by atoms with Crippen molar-refractivity contribution in [2.24, 2.45) is 0 Å². The lowest BCUT2D eigenvalue weighted by molar-refractivity contribution is -0.384. The second-order valence-corrected chi connectivity index (χ2v) is 7.83. The highest BCUT2D eigenvalue weighted by molar-refractivity contribution is 6.46. The van der Waals surface area contributed by atoms with Crippen LogP contribution in [0.4, 0.5) is 5.69 Å². The van der Waals surface area contributed by atoms with Gasteiger partial charge in [-0.25, -0.2) is 0 Å². The average Bonchev–Trinajstić information content (AvgIpc) is 3.01. The van der Waals surface area contributed by atoms with E-state index in [2.05, 4.69) is 0 Å². The molecule has 9 nitrogen and oxygen atoms in total. The standard InChI is InChI=1S/C23H25N3O6/c1-14-12-17(32-4)8-9-18(14)21(27)19-20(15-6-5-7-16(13-15)26(30)31)25(11-10-24(2)3)23(29)22(19)28/h5-9,12-13,20,27H,10-11H2,1-4H3/t20-/m1/s1. The number of hydrogen-bond donors (Lipinski definition) is 1. The summed E-state index contributed by atoms with van der Waals surface area (Å²) >= 11 is 0. The molecule has 1 N–H and O–H groups in total. The number of aryl methyl sites for hydroxylation is 1. The summed E-state index contributed by atoms with van der Waals surface area (Å²) in [7, 11) is 5.19. The second-order valence-electron chi connectivity index (χ2n) is 7.83. The Kier molecular flexibility index (Phi) is 6.59. The molecule has 2 aromatic carbocycles.